The highest BCUT2D eigenvalue weighted by Gasteiger charge is 2.06. The molecule has 0 saturated carbocycles. The highest BCUT2D eigenvalue weighted by molar-refractivity contribution is 6.30. The predicted molar refractivity (Wildman–Crippen MR) is 50.1 cm³/mol. The van der Waals surface area contributed by atoms with E-state index >= 15 is 0 Å². The molecule has 72 valence electrons. The smallest absolute Gasteiger partial charge is 0.284 e. The molecule has 0 saturated heterocycles. The van der Waals surface area contributed by atoms with Gasteiger partial charge in [-0.05, 0) is 17.4 Å². The normalized spacial score (nSPS) is 10.4. The van der Waals surface area contributed by atoms with Gasteiger partial charge in [0.25, 0.3) is 6.20 Å². The summed E-state index contributed by atoms with van der Waals surface area (Å²) in [6.45, 7) is 0.558. The topological polar surface area (TPSA) is 49.9 Å². The highest BCUT2D eigenvalue weighted by Crippen LogP contribution is 2.08. The lowest BCUT2D eigenvalue weighted by molar-refractivity contribution is -0.754. The molecule has 0 amide bonds. The molecule has 1 heterocycles. The fraction of sp³-hybridized carbons (Fsp3) is 0.111. The summed E-state index contributed by atoms with van der Waals surface area (Å²) in [6.07, 6.45) is 1.36. The number of H-pyrrole nitrogens is 1. The van der Waals surface area contributed by atoms with Crippen LogP contribution < -0.4 is 10.3 Å². The second kappa shape index (κ2) is 3.67. The molecule has 14 heavy (non-hydrogen) atoms. The quantitative estimate of drug-likeness (QED) is 0.753. The van der Waals surface area contributed by atoms with Crippen molar-refractivity contribution in [3.05, 3.63) is 51.5 Å². The minimum atomic E-state index is -0.390. The first-order chi connectivity index (χ1) is 6.74. The fourth-order valence-corrected chi connectivity index (χ4v) is 1.27. The van der Waals surface area contributed by atoms with Gasteiger partial charge in [-0.2, -0.15) is 0 Å². The summed E-state index contributed by atoms with van der Waals surface area (Å²) in [5, 5.41) is 3.16. The van der Waals surface area contributed by atoms with Gasteiger partial charge < -0.3 is 0 Å². The van der Waals surface area contributed by atoms with Gasteiger partial charge in [-0.3, -0.25) is 4.52 Å². The number of rotatable bonds is 2. The molecule has 0 aliphatic heterocycles. The lowest BCUT2D eigenvalue weighted by Crippen LogP contribution is -2.35. The van der Waals surface area contributed by atoms with Gasteiger partial charge in [-0.15, -0.1) is 0 Å². The molecule has 0 aliphatic rings. The number of hydrogen-bond acceptors (Lipinski definition) is 2. The summed E-state index contributed by atoms with van der Waals surface area (Å²) < 4.78 is 6.08. The first-order valence-corrected chi connectivity index (χ1v) is 4.44. The number of aromatic nitrogens is 2. The Labute approximate surface area is 84.7 Å². The zero-order chi connectivity index (χ0) is 9.97. The van der Waals surface area contributed by atoms with E-state index in [9.17, 15) is 4.79 Å². The van der Waals surface area contributed by atoms with E-state index < -0.39 is 0 Å². The largest absolute Gasteiger partial charge is 0.426 e. The van der Waals surface area contributed by atoms with Crippen LogP contribution in [0.2, 0.25) is 5.02 Å². The number of hydrogen-bond donors (Lipinski definition) is 1. The third-order valence-electron chi connectivity index (χ3n) is 1.79. The minimum Gasteiger partial charge on any atom is -0.284 e. The average molecular weight is 212 g/mol. The third-order valence-corrected chi connectivity index (χ3v) is 2.04. The van der Waals surface area contributed by atoms with Crippen LogP contribution in [0.15, 0.2) is 39.8 Å². The van der Waals surface area contributed by atoms with Crippen molar-refractivity contribution in [2.45, 2.75) is 6.54 Å². The average Bonchev–Trinajstić information content (AvgIpc) is 2.56. The predicted octanol–water partition coefficient (Wildman–Crippen LogP) is 0.957. The van der Waals surface area contributed by atoms with Crippen LogP contribution in [-0.4, -0.2) is 5.27 Å². The van der Waals surface area contributed by atoms with Crippen LogP contribution in [-0.2, 0) is 6.54 Å². The second-order valence-electron chi connectivity index (χ2n) is 2.90. The van der Waals surface area contributed by atoms with E-state index in [0.29, 0.717) is 11.6 Å². The van der Waals surface area contributed by atoms with Crippen molar-refractivity contribution in [1.29, 1.82) is 0 Å². The van der Waals surface area contributed by atoms with Crippen molar-refractivity contribution < 1.29 is 9.20 Å². The SMILES string of the molecule is O=c1c[n+](Cc2ccc(Cl)cc2)[nH]o1. The van der Waals surface area contributed by atoms with Crippen LogP contribution in [0.3, 0.4) is 0 Å². The van der Waals surface area contributed by atoms with Crippen molar-refractivity contribution in [2.75, 3.05) is 0 Å². The molecule has 2 aromatic rings. The van der Waals surface area contributed by atoms with Crippen LogP contribution in [0.4, 0.5) is 0 Å². The van der Waals surface area contributed by atoms with E-state index in [4.69, 9.17) is 11.6 Å². The highest BCUT2D eigenvalue weighted by atomic mass is 35.5. The van der Waals surface area contributed by atoms with Crippen molar-refractivity contribution in [3.63, 3.8) is 0 Å². The molecular formula is C9H8ClN2O2+. The Balaban J connectivity index is 2.19. The van der Waals surface area contributed by atoms with E-state index in [-0.39, 0.29) is 5.63 Å². The molecule has 0 aliphatic carbocycles. The minimum absolute atomic E-state index is 0.390. The number of nitrogens with zero attached hydrogens (tertiary/aromatic N) is 1. The molecule has 0 bridgehead atoms. The lowest BCUT2D eigenvalue weighted by atomic mass is 10.2. The lowest BCUT2D eigenvalue weighted by Gasteiger charge is -1.93. The summed E-state index contributed by atoms with van der Waals surface area (Å²) in [5.41, 5.74) is 0.649. The fourth-order valence-electron chi connectivity index (χ4n) is 1.15. The van der Waals surface area contributed by atoms with Gasteiger partial charge in [0.05, 0.1) is 0 Å². The second-order valence-corrected chi connectivity index (χ2v) is 3.33. The molecule has 0 radical (unpaired) electrons. The molecule has 1 aromatic carbocycles. The summed E-state index contributed by atoms with van der Waals surface area (Å²) >= 11 is 5.74. The van der Waals surface area contributed by atoms with Gasteiger partial charge in [0, 0.05) is 10.6 Å². The van der Waals surface area contributed by atoms with Crippen LogP contribution >= 0.6 is 11.6 Å². The number of benzene rings is 1. The maximum atomic E-state index is 10.7. The van der Waals surface area contributed by atoms with E-state index in [1.165, 1.54) is 6.20 Å². The Kier molecular flexibility index (Phi) is 2.37. The van der Waals surface area contributed by atoms with E-state index in [1.54, 1.807) is 16.8 Å². The summed E-state index contributed by atoms with van der Waals surface area (Å²) in [5.74, 6) is 0. The van der Waals surface area contributed by atoms with Crippen molar-refractivity contribution in [1.82, 2.24) is 5.27 Å². The van der Waals surface area contributed by atoms with Crippen molar-refractivity contribution in [3.8, 4) is 0 Å². The third kappa shape index (κ3) is 2.03. The van der Waals surface area contributed by atoms with Gasteiger partial charge in [-0.25, -0.2) is 4.79 Å². The monoisotopic (exact) mass is 211 g/mol. The summed E-state index contributed by atoms with van der Waals surface area (Å²) in [4.78, 5) is 10.7. The molecule has 0 spiro atoms. The first kappa shape index (κ1) is 9.02. The number of aromatic amines is 1. The Hall–Kier alpha value is -1.55. The number of nitrogens with one attached hydrogen (secondary N) is 1. The zero-order valence-corrected chi connectivity index (χ0v) is 7.99. The maximum Gasteiger partial charge on any atom is 0.426 e. The molecule has 2 rings (SSSR count). The van der Waals surface area contributed by atoms with Gasteiger partial charge >= 0.3 is 5.63 Å². The van der Waals surface area contributed by atoms with Gasteiger partial charge in [-0.1, -0.05) is 28.4 Å². The van der Waals surface area contributed by atoms with Gasteiger partial charge in [0.2, 0.25) is 6.54 Å². The Morgan fingerprint density at radius 2 is 2.07 bits per heavy atom. The molecular weight excluding hydrogens is 204 g/mol. The Morgan fingerprint density at radius 1 is 1.36 bits per heavy atom. The molecule has 0 unspecified atom stereocenters. The Morgan fingerprint density at radius 3 is 2.64 bits per heavy atom. The molecule has 4 nitrogen and oxygen atoms in total. The maximum absolute atomic E-state index is 10.7. The summed E-state index contributed by atoms with van der Waals surface area (Å²) in [6, 6.07) is 7.38. The van der Waals surface area contributed by atoms with E-state index in [1.807, 2.05) is 12.1 Å². The molecule has 0 fully saturated rings. The van der Waals surface area contributed by atoms with Crippen LogP contribution in [0.1, 0.15) is 5.56 Å². The van der Waals surface area contributed by atoms with Gasteiger partial charge in [0.1, 0.15) is 0 Å². The number of halogens is 1. The first-order valence-electron chi connectivity index (χ1n) is 4.06. The molecule has 5 heteroatoms. The van der Waals surface area contributed by atoms with Gasteiger partial charge in [0.15, 0.2) is 0 Å². The van der Waals surface area contributed by atoms with Crippen molar-refractivity contribution in [2.24, 2.45) is 0 Å². The molecule has 1 aromatic heterocycles. The zero-order valence-electron chi connectivity index (χ0n) is 7.24. The molecule has 1 N–H and O–H groups in total. The van der Waals surface area contributed by atoms with E-state index in [2.05, 4.69) is 9.79 Å². The van der Waals surface area contributed by atoms with Crippen molar-refractivity contribution >= 4 is 11.6 Å². The Bertz CT molecular complexity index is 472. The standard InChI is InChI=1S/C9H7ClN2O2/c10-8-3-1-7(2-4-8)5-12-6-9(13)14-11-12/h1-4,6H,5H2/p+1. The van der Waals surface area contributed by atoms with Crippen LogP contribution in [0.5, 0.6) is 0 Å². The molecule has 0 atom stereocenters. The van der Waals surface area contributed by atoms with Crippen LogP contribution in [0, 0.1) is 0 Å². The van der Waals surface area contributed by atoms with E-state index in [0.717, 1.165) is 5.56 Å². The summed E-state index contributed by atoms with van der Waals surface area (Å²) in [7, 11) is 0. The van der Waals surface area contributed by atoms with Crippen LogP contribution in [0.25, 0.3) is 0 Å².